The molecule has 4 N–H and O–H groups in total. The summed E-state index contributed by atoms with van der Waals surface area (Å²) in [6.07, 6.45) is -1.28. The Kier molecular flexibility index (Phi) is 9.60. The van der Waals surface area contributed by atoms with E-state index in [9.17, 15) is 27.2 Å². The molecule has 0 fully saturated rings. The van der Waals surface area contributed by atoms with Gasteiger partial charge in [-0.25, -0.2) is 14.4 Å². The number of hydrogen-bond acceptors (Lipinski definition) is 8. The third kappa shape index (κ3) is 7.31. The van der Waals surface area contributed by atoms with E-state index < -0.39 is 29.4 Å². The van der Waals surface area contributed by atoms with Gasteiger partial charge in [0.25, 0.3) is 11.8 Å². The van der Waals surface area contributed by atoms with Gasteiger partial charge in [0, 0.05) is 31.1 Å². The number of carbonyl (C=O) groups excluding carboxylic acids is 2. The largest absolute Gasteiger partial charge is 0.496 e. The summed E-state index contributed by atoms with van der Waals surface area (Å²) in [5.74, 6) is -2.81. The standard InChI is InChI=1S/C25H25F4N5O5/c1-38-19-7-9-31-22(30-8-3-4-10-35)21(19)24(37)34-18-13-32-20(39-2)12-15(18)23(36)33-14-5-6-17(26)16(11-14)25(27,28)29/h5-7,9,11-13,35H,3-4,8,10H2,1-2H3,(H,30,31)(H,33,36)(H,34,37). The third-order valence-electron chi connectivity index (χ3n) is 5.35. The molecule has 3 aromatic rings. The molecule has 0 bridgehead atoms. The van der Waals surface area contributed by atoms with E-state index in [0.29, 0.717) is 31.5 Å². The minimum Gasteiger partial charge on any atom is -0.496 e. The molecule has 0 saturated carbocycles. The van der Waals surface area contributed by atoms with Crippen molar-refractivity contribution < 1.29 is 41.7 Å². The molecule has 10 nitrogen and oxygen atoms in total. The molecule has 14 heteroatoms. The molecule has 0 spiro atoms. The molecule has 0 aliphatic rings. The van der Waals surface area contributed by atoms with Gasteiger partial charge in [0.2, 0.25) is 5.88 Å². The Morgan fingerprint density at radius 2 is 1.77 bits per heavy atom. The highest BCUT2D eigenvalue weighted by Gasteiger charge is 2.34. The first-order valence-electron chi connectivity index (χ1n) is 11.5. The van der Waals surface area contributed by atoms with Gasteiger partial charge < -0.3 is 30.5 Å². The van der Waals surface area contributed by atoms with E-state index in [1.54, 1.807) is 0 Å². The van der Waals surface area contributed by atoms with Crippen LogP contribution in [0.4, 0.5) is 34.8 Å². The number of nitrogens with one attached hydrogen (secondary N) is 3. The number of methoxy groups -OCH3 is 2. The van der Waals surface area contributed by atoms with Crippen LogP contribution in [0.1, 0.15) is 39.1 Å². The lowest BCUT2D eigenvalue weighted by molar-refractivity contribution is -0.139. The van der Waals surface area contributed by atoms with Crippen molar-refractivity contribution >= 4 is 29.0 Å². The van der Waals surface area contributed by atoms with Crippen LogP contribution in [0.15, 0.2) is 42.7 Å². The number of aliphatic hydroxyl groups excluding tert-OH is 1. The number of unbranched alkanes of at least 4 members (excludes halogenated alkanes) is 1. The van der Waals surface area contributed by atoms with Crippen LogP contribution in [-0.4, -0.2) is 54.3 Å². The van der Waals surface area contributed by atoms with Gasteiger partial charge in [0.15, 0.2) is 0 Å². The molecule has 2 heterocycles. The van der Waals surface area contributed by atoms with Crippen LogP contribution < -0.4 is 25.4 Å². The fraction of sp³-hybridized carbons (Fsp3) is 0.280. The summed E-state index contributed by atoms with van der Waals surface area (Å²) in [5.41, 5.74) is -2.17. The van der Waals surface area contributed by atoms with E-state index in [2.05, 4.69) is 25.9 Å². The van der Waals surface area contributed by atoms with E-state index in [0.717, 1.165) is 12.3 Å². The van der Waals surface area contributed by atoms with Gasteiger partial charge in [-0.3, -0.25) is 9.59 Å². The highest BCUT2D eigenvalue weighted by molar-refractivity contribution is 6.14. The van der Waals surface area contributed by atoms with Crippen molar-refractivity contribution in [2.45, 2.75) is 19.0 Å². The topological polar surface area (TPSA) is 135 Å². The van der Waals surface area contributed by atoms with Crippen LogP contribution in [0.2, 0.25) is 0 Å². The molecule has 1 aromatic carbocycles. The van der Waals surface area contributed by atoms with E-state index in [4.69, 9.17) is 14.6 Å². The minimum absolute atomic E-state index is 0.00527. The van der Waals surface area contributed by atoms with E-state index in [1.807, 2.05) is 0 Å². The number of rotatable bonds is 11. The average Bonchev–Trinajstić information content (AvgIpc) is 2.91. The van der Waals surface area contributed by atoms with Crippen LogP contribution in [-0.2, 0) is 6.18 Å². The lowest BCUT2D eigenvalue weighted by atomic mass is 10.1. The molecule has 0 aliphatic heterocycles. The maximum atomic E-state index is 13.7. The van der Waals surface area contributed by atoms with Gasteiger partial charge in [0.1, 0.15) is 22.9 Å². The summed E-state index contributed by atoms with van der Waals surface area (Å²) in [6, 6.07) is 4.64. The number of halogens is 4. The summed E-state index contributed by atoms with van der Waals surface area (Å²) < 4.78 is 63.3. The van der Waals surface area contributed by atoms with Crippen molar-refractivity contribution in [3.05, 3.63) is 65.2 Å². The first kappa shape index (κ1) is 29.1. The van der Waals surface area contributed by atoms with Crippen molar-refractivity contribution in [2.75, 3.05) is 43.3 Å². The summed E-state index contributed by atoms with van der Waals surface area (Å²) in [6.45, 7) is 0.404. The van der Waals surface area contributed by atoms with Crippen molar-refractivity contribution in [3.63, 3.8) is 0 Å². The van der Waals surface area contributed by atoms with Gasteiger partial charge in [-0.2, -0.15) is 13.2 Å². The molecule has 208 valence electrons. The Morgan fingerprint density at radius 3 is 2.44 bits per heavy atom. The summed E-state index contributed by atoms with van der Waals surface area (Å²) in [5, 5.41) is 16.8. The van der Waals surface area contributed by atoms with Crippen molar-refractivity contribution in [1.29, 1.82) is 0 Å². The SMILES string of the molecule is COc1cc(C(=O)Nc2ccc(F)c(C(F)(F)F)c2)c(NC(=O)c2c(OC)ccnc2NCCCCO)cn1. The zero-order valence-electron chi connectivity index (χ0n) is 20.9. The first-order chi connectivity index (χ1) is 18.6. The van der Waals surface area contributed by atoms with Crippen LogP contribution in [0, 0.1) is 5.82 Å². The Morgan fingerprint density at radius 1 is 1.00 bits per heavy atom. The van der Waals surface area contributed by atoms with Crippen LogP contribution in [0.5, 0.6) is 11.6 Å². The number of carbonyl (C=O) groups is 2. The van der Waals surface area contributed by atoms with Crippen molar-refractivity contribution in [3.8, 4) is 11.6 Å². The van der Waals surface area contributed by atoms with Crippen molar-refractivity contribution in [1.82, 2.24) is 9.97 Å². The van der Waals surface area contributed by atoms with Crippen molar-refractivity contribution in [2.24, 2.45) is 0 Å². The number of pyridine rings is 2. The molecule has 0 aliphatic carbocycles. The molecular formula is C25H25F4N5O5. The molecular weight excluding hydrogens is 526 g/mol. The Balaban J connectivity index is 1.92. The second kappa shape index (κ2) is 12.9. The normalized spacial score (nSPS) is 11.1. The quantitative estimate of drug-likeness (QED) is 0.204. The average molecular weight is 551 g/mol. The second-order valence-corrected chi connectivity index (χ2v) is 7.97. The maximum Gasteiger partial charge on any atom is 0.419 e. The van der Waals surface area contributed by atoms with Gasteiger partial charge in [-0.05, 0) is 37.1 Å². The number of aromatic nitrogens is 2. The minimum atomic E-state index is -4.98. The number of hydrogen-bond donors (Lipinski definition) is 4. The van der Waals surface area contributed by atoms with Crippen LogP contribution in [0.3, 0.4) is 0 Å². The lowest BCUT2D eigenvalue weighted by Gasteiger charge is -2.16. The lowest BCUT2D eigenvalue weighted by Crippen LogP contribution is -2.21. The van der Waals surface area contributed by atoms with Gasteiger partial charge in [0.05, 0.1) is 37.2 Å². The van der Waals surface area contributed by atoms with E-state index in [-0.39, 0.29) is 46.6 Å². The number of ether oxygens (including phenoxy) is 2. The summed E-state index contributed by atoms with van der Waals surface area (Å²) >= 11 is 0. The smallest absolute Gasteiger partial charge is 0.419 e. The highest BCUT2D eigenvalue weighted by atomic mass is 19.4. The molecule has 0 saturated heterocycles. The fourth-order valence-corrected chi connectivity index (χ4v) is 3.45. The Bertz CT molecular complexity index is 1340. The summed E-state index contributed by atoms with van der Waals surface area (Å²) in [7, 11) is 2.64. The predicted octanol–water partition coefficient (Wildman–Crippen LogP) is 4.34. The van der Waals surface area contributed by atoms with Gasteiger partial charge in [-0.15, -0.1) is 0 Å². The molecule has 39 heavy (non-hydrogen) atoms. The molecule has 0 radical (unpaired) electrons. The molecule has 2 aromatic heterocycles. The molecule has 0 atom stereocenters. The number of aliphatic hydroxyl groups is 1. The maximum absolute atomic E-state index is 13.7. The second-order valence-electron chi connectivity index (χ2n) is 7.97. The number of benzene rings is 1. The predicted molar refractivity (Wildman–Crippen MR) is 134 cm³/mol. The number of amides is 2. The Hall–Kier alpha value is -4.46. The molecule has 2 amide bonds. The van der Waals surface area contributed by atoms with E-state index >= 15 is 0 Å². The number of alkyl halides is 3. The van der Waals surface area contributed by atoms with Crippen LogP contribution in [0.25, 0.3) is 0 Å². The monoisotopic (exact) mass is 551 g/mol. The van der Waals surface area contributed by atoms with Gasteiger partial charge >= 0.3 is 6.18 Å². The third-order valence-corrected chi connectivity index (χ3v) is 5.35. The zero-order valence-corrected chi connectivity index (χ0v) is 20.9. The Labute approximate surface area is 220 Å². The highest BCUT2D eigenvalue weighted by Crippen LogP contribution is 2.33. The molecule has 0 unspecified atom stereocenters. The van der Waals surface area contributed by atoms with Gasteiger partial charge in [-0.1, -0.05) is 0 Å². The first-order valence-corrected chi connectivity index (χ1v) is 11.5. The van der Waals surface area contributed by atoms with E-state index in [1.165, 1.54) is 32.5 Å². The fourth-order valence-electron chi connectivity index (χ4n) is 3.45. The van der Waals surface area contributed by atoms with Crippen LogP contribution >= 0.6 is 0 Å². The zero-order chi connectivity index (χ0) is 28.6. The number of nitrogens with zero attached hydrogens (tertiary/aromatic N) is 2. The molecule has 3 rings (SSSR count). The number of anilines is 3. The summed E-state index contributed by atoms with van der Waals surface area (Å²) in [4.78, 5) is 34.5.